The van der Waals surface area contributed by atoms with Crippen LogP contribution in [0, 0.1) is 5.41 Å². The van der Waals surface area contributed by atoms with Gasteiger partial charge >= 0.3 is 5.97 Å². The maximum Gasteiger partial charge on any atom is 0.303 e. The maximum atomic E-state index is 11.5. The number of carboxylic acids is 1. The monoisotopic (exact) mass is 598 g/mol. The van der Waals surface area contributed by atoms with Gasteiger partial charge in [0, 0.05) is 30.3 Å². The number of carboxylic acid groups (broad SMARTS) is 1. The molecule has 3 rings (SSSR count). The molecule has 0 bridgehead atoms. The molecule has 0 fully saturated rings. The molecule has 1 atom stereocenters. The summed E-state index contributed by atoms with van der Waals surface area (Å²) in [6.07, 6.45) is 13.9. The lowest BCUT2D eigenvalue weighted by molar-refractivity contribution is -0.137. The van der Waals surface area contributed by atoms with Gasteiger partial charge in [-0.2, -0.15) is 0 Å². The average molecular weight is 599 g/mol. The Hall–Kier alpha value is -2.55. The number of hydrogen-bond acceptors (Lipinski definition) is 7. The van der Waals surface area contributed by atoms with Gasteiger partial charge in [0.05, 0.1) is 39.5 Å². The van der Waals surface area contributed by atoms with Crippen molar-refractivity contribution < 1.29 is 28.8 Å². The minimum atomic E-state index is -0.780. The lowest BCUT2D eigenvalue weighted by Gasteiger charge is -2.17. The number of pyridine rings is 2. The third-order valence-electron chi connectivity index (χ3n) is 7.84. The summed E-state index contributed by atoms with van der Waals surface area (Å²) < 4.78 is 22.4. The van der Waals surface area contributed by atoms with Gasteiger partial charge in [0.15, 0.2) is 0 Å². The van der Waals surface area contributed by atoms with Crippen molar-refractivity contribution in [2.75, 3.05) is 46.2 Å². The van der Waals surface area contributed by atoms with Crippen molar-refractivity contribution in [3.8, 4) is 5.88 Å². The van der Waals surface area contributed by atoms with E-state index in [0.717, 1.165) is 63.5 Å². The highest BCUT2D eigenvalue weighted by Crippen LogP contribution is 2.27. The van der Waals surface area contributed by atoms with Crippen LogP contribution in [0.4, 0.5) is 0 Å². The first-order valence-corrected chi connectivity index (χ1v) is 16.3. The lowest BCUT2D eigenvalue weighted by atomic mass is 9.91. The molecular formula is C35H54N2O6. The fourth-order valence-corrected chi connectivity index (χ4v) is 5.26. The number of ether oxygens (including phenoxy) is 4. The van der Waals surface area contributed by atoms with Gasteiger partial charge in [-0.05, 0) is 79.9 Å². The van der Waals surface area contributed by atoms with Crippen LogP contribution in [-0.4, -0.2) is 67.3 Å². The molecule has 0 unspecified atom stereocenters. The van der Waals surface area contributed by atoms with Crippen molar-refractivity contribution in [1.82, 2.24) is 9.97 Å². The highest BCUT2D eigenvalue weighted by molar-refractivity contribution is 5.68. The molecule has 0 amide bonds. The smallest absolute Gasteiger partial charge is 0.303 e. The zero-order chi connectivity index (χ0) is 30.8. The van der Waals surface area contributed by atoms with Crippen molar-refractivity contribution in [2.24, 2.45) is 5.41 Å². The summed E-state index contributed by atoms with van der Waals surface area (Å²) in [5.41, 5.74) is 5.19. The zero-order valence-corrected chi connectivity index (χ0v) is 26.8. The fraction of sp³-hybridized carbons (Fsp3) is 0.686. The van der Waals surface area contributed by atoms with Gasteiger partial charge in [-0.15, -0.1) is 0 Å². The van der Waals surface area contributed by atoms with Crippen LogP contribution in [0.5, 0.6) is 5.88 Å². The number of fused-ring (bicyclic) bond motifs is 1. The first-order chi connectivity index (χ1) is 20.8. The normalized spacial score (nSPS) is 13.9. The molecule has 0 spiro atoms. The summed E-state index contributed by atoms with van der Waals surface area (Å²) >= 11 is 0. The number of aromatic nitrogens is 2. The topological polar surface area (TPSA) is 100 Å². The molecule has 43 heavy (non-hydrogen) atoms. The van der Waals surface area contributed by atoms with Crippen LogP contribution < -0.4 is 4.74 Å². The van der Waals surface area contributed by atoms with Gasteiger partial charge in [-0.25, -0.2) is 4.98 Å². The second kappa shape index (κ2) is 19.7. The fourth-order valence-electron chi connectivity index (χ4n) is 5.26. The molecule has 8 nitrogen and oxygen atoms in total. The van der Waals surface area contributed by atoms with Crippen molar-refractivity contribution in [1.29, 1.82) is 0 Å². The molecule has 0 saturated heterocycles. The number of aryl methyl sites for hydroxylation is 3. The van der Waals surface area contributed by atoms with E-state index in [1.54, 1.807) is 6.20 Å². The molecule has 1 aliphatic rings. The van der Waals surface area contributed by atoms with Gasteiger partial charge in [-0.1, -0.05) is 52.2 Å². The van der Waals surface area contributed by atoms with Crippen LogP contribution in [0.2, 0.25) is 0 Å². The summed E-state index contributed by atoms with van der Waals surface area (Å²) in [5.74, 6) is -0.313. The molecule has 0 radical (unpaired) electrons. The van der Waals surface area contributed by atoms with E-state index in [0.29, 0.717) is 45.5 Å². The Kier molecular flexibility index (Phi) is 16.0. The number of carbonyl (C=O) groups is 1. The van der Waals surface area contributed by atoms with Crippen LogP contribution in [0.25, 0.3) is 0 Å². The molecule has 0 saturated carbocycles. The number of unbranched alkanes of at least 4 members (excludes halogenated alkanes) is 3. The first-order valence-electron chi connectivity index (χ1n) is 16.3. The Morgan fingerprint density at radius 3 is 2.26 bits per heavy atom. The van der Waals surface area contributed by atoms with Crippen molar-refractivity contribution >= 4 is 5.97 Å². The van der Waals surface area contributed by atoms with Crippen molar-refractivity contribution in [3.63, 3.8) is 0 Å². The second-order valence-electron chi connectivity index (χ2n) is 12.8. The summed E-state index contributed by atoms with van der Waals surface area (Å²) in [5, 5.41) is 9.47. The lowest BCUT2D eigenvalue weighted by Crippen LogP contribution is -2.14. The van der Waals surface area contributed by atoms with E-state index in [1.807, 2.05) is 12.1 Å². The summed E-state index contributed by atoms with van der Waals surface area (Å²) in [6.45, 7) is 10.4. The van der Waals surface area contributed by atoms with E-state index >= 15 is 0 Å². The molecule has 2 heterocycles. The number of nitrogens with zero attached hydrogens (tertiary/aromatic N) is 2. The molecule has 2 aromatic rings. The molecule has 1 N–H and O–H groups in total. The highest BCUT2D eigenvalue weighted by Gasteiger charge is 2.16. The Balaban J connectivity index is 1.24. The Labute approximate surface area is 258 Å². The summed E-state index contributed by atoms with van der Waals surface area (Å²) in [6, 6.07) is 8.23. The van der Waals surface area contributed by atoms with E-state index in [2.05, 4.69) is 37.9 Å². The minimum absolute atomic E-state index is 0.0476. The minimum Gasteiger partial charge on any atom is -0.481 e. The van der Waals surface area contributed by atoms with E-state index < -0.39 is 5.97 Å². The maximum absolute atomic E-state index is 11.5. The van der Waals surface area contributed by atoms with Crippen LogP contribution in [-0.2, 0) is 38.3 Å². The number of hydrogen-bond donors (Lipinski definition) is 1. The van der Waals surface area contributed by atoms with Gasteiger partial charge < -0.3 is 24.1 Å². The zero-order valence-electron chi connectivity index (χ0n) is 26.8. The van der Waals surface area contributed by atoms with Crippen LogP contribution in [0.1, 0.15) is 107 Å². The van der Waals surface area contributed by atoms with Crippen LogP contribution >= 0.6 is 0 Å². The van der Waals surface area contributed by atoms with E-state index in [9.17, 15) is 9.90 Å². The Morgan fingerprint density at radius 2 is 1.56 bits per heavy atom. The second-order valence-corrected chi connectivity index (χ2v) is 12.8. The molecule has 1 aliphatic carbocycles. The van der Waals surface area contributed by atoms with Gasteiger partial charge in [0.2, 0.25) is 5.88 Å². The number of aliphatic carboxylic acids is 1. The third-order valence-corrected chi connectivity index (χ3v) is 7.84. The molecular weight excluding hydrogens is 544 g/mol. The molecule has 0 aliphatic heterocycles. The van der Waals surface area contributed by atoms with E-state index in [4.69, 9.17) is 23.9 Å². The molecule has 0 aromatic carbocycles. The third kappa shape index (κ3) is 15.1. The van der Waals surface area contributed by atoms with E-state index in [1.165, 1.54) is 36.2 Å². The SMILES string of the molecule is CC(C)(C)CCOCCOCCOCCOc1ccc([C@@H](CCCCCCc2ccc3c(n2)CCCC3)CC(=O)O)cn1. The summed E-state index contributed by atoms with van der Waals surface area (Å²) in [4.78, 5) is 20.8. The van der Waals surface area contributed by atoms with Crippen molar-refractivity contribution in [3.05, 3.63) is 53.0 Å². The van der Waals surface area contributed by atoms with Crippen LogP contribution in [0.15, 0.2) is 30.5 Å². The van der Waals surface area contributed by atoms with Gasteiger partial charge in [0.25, 0.3) is 0 Å². The predicted octanol–water partition coefficient (Wildman–Crippen LogP) is 6.97. The van der Waals surface area contributed by atoms with Gasteiger partial charge in [0.1, 0.15) is 6.61 Å². The van der Waals surface area contributed by atoms with E-state index in [-0.39, 0.29) is 17.8 Å². The van der Waals surface area contributed by atoms with Crippen molar-refractivity contribution in [2.45, 2.75) is 104 Å². The predicted molar refractivity (Wildman–Crippen MR) is 169 cm³/mol. The highest BCUT2D eigenvalue weighted by atomic mass is 16.6. The molecule has 240 valence electrons. The Bertz CT molecular complexity index is 1050. The van der Waals surface area contributed by atoms with Gasteiger partial charge in [-0.3, -0.25) is 9.78 Å². The largest absolute Gasteiger partial charge is 0.481 e. The standard InChI is InChI=1S/C35H54N2O6/c1-35(2,3)18-19-40-20-21-41-22-23-42-24-25-43-33-17-15-30(27-36-33)29(26-34(38)39)11-6-4-5-7-12-31-16-14-28-10-8-9-13-32(28)37-31/h14-17,27,29H,4-13,18-26H2,1-3H3,(H,38,39)/t29-/m0/s1. The number of rotatable bonds is 22. The Morgan fingerprint density at radius 1 is 0.860 bits per heavy atom. The quantitative estimate of drug-likeness (QED) is 0.145. The molecule has 2 aromatic heterocycles. The van der Waals surface area contributed by atoms with Crippen LogP contribution in [0.3, 0.4) is 0 Å². The molecule has 8 heteroatoms. The first kappa shape index (κ1) is 34.9. The average Bonchev–Trinajstić information content (AvgIpc) is 2.98. The summed E-state index contributed by atoms with van der Waals surface area (Å²) in [7, 11) is 0.